The number of amides is 1. The second-order valence-electron chi connectivity index (χ2n) is 5.13. The summed E-state index contributed by atoms with van der Waals surface area (Å²) in [6.07, 6.45) is 1.42. The number of hydrogen-bond donors (Lipinski definition) is 3. The van der Waals surface area contributed by atoms with Gasteiger partial charge in [-0.2, -0.15) is 0 Å². The highest BCUT2D eigenvalue weighted by Gasteiger charge is 2.17. The predicted molar refractivity (Wildman–Crippen MR) is 85.8 cm³/mol. The van der Waals surface area contributed by atoms with Gasteiger partial charge in [0, 0.05) is 17.8 Å². The highest BCUT2D eigenvalue weighted by Crippen LogP contribution is 2.20. The summed E-state index contributed by atoms with van der Waals surface area (Å²) in [5.41, 5.74) is 0.140. The fourth-order valence-electron chi connectivity index (χ4n) is 1.86. The van der Waals surface area contributed by atoms with Gasteiger partial charge in [0.05, 0.1) is 4.90 Å². The second kappa shape index (κ2) is 6.76. The maximum atomic E-state index is 12.2. The second-order valence-corrected chi connectivity index (χ2v) is 6.84. The summed E-state index contributed by atoms with van der Waals surface area (Å²) in [6.45, 7) is 3.41. The molecule has 0 spiro atoms. The molecule has 0 atom stereocenters. The molecular weight excluding hydrogens is 318 g/mol. The van der Waals surface area contributed by atoms with Crippen molar-refractivity contribution in [2.75, 3.05) is 5.32 Å². The van der Waals surface area contributed by atoms with E-state index in [-0.39, 0.29) is 28.1 Å². The maximum absolute atomic E-state index is 12.2. The molecule has 0 saturated carbocycles. The summed E-state index contributed by atoms with van der Waals surface area (Å²) in [6, 6.07) is 8.26. The van der Waals surface area contributed by atoms with E-state index in [1.165, 1.54) is 42.6 Å². The molecule has 2 aromatic rings. The average Bonchev–Trinajstić information content (AvgIpc) is 2.48. The van der Waals surface area contributed by atoms with Gasteiger partial charge in [0.2, 0.25) is 10.0 Å². The van der Waals surface area contributed by atoms with Crippen LogP contribution in [0.25, 0.3) is 0 Å². The molecule has 1 aromatic heterocycles. The van der Waals surface area contributed by atoms with Crippen molar-refractivity contribution in [1.29, 1.82) is 0 Å². The molecule has 122 valence electrons. The molecule has 0 aliphatic heterocycles. The first kappa shape index (κ1) is 16.9. The van der Waals surface area contributed by atoms with Crippen molar-refractivity contribution < 1.29 is 18.3 Å². The molecule has 1 amide bonds. The summed E-state index contributed by atoms with van der Waals surface area (Å²) < 4.78 is 26.7. The van der Waals surface area contributed by atoms with Gasteiger partial charge >= 0.3 is 0 Å². The lowest BCUT2D eigenvalue weighted by Crippen LogP contribution is -2.30. The zero-order chi connectivity index (χ0) is 17.0. The van der Waals surface area contributed by atoms with E-state index < -0.39 is 15.9 Å². The third kappa shape index (κ3) is 4.27. The van der Waals surface area contributed by atoms with Crippen LogP contribution in [0.3, 0.4) is 0 Å². The Morgan fingerprint density at radius 1 is 1.22 bits per heavy atom. The van der Waals surface area contributed by atoms with Crippen LogP contribution in [0.4, 0.5) is 5.82 Å². The van der Waals surface area contributed by atoms with E-state index in [9.17, 15) is 18.3 Å². The minimum Gasteiger partial charge on any atom is -0.504 e. The van der Waals surface area contributed by atoms with Crippen LogP contribution in [-0.2, 0) is 10.0 Å². The third-order valence-electron chi connectivity index (χ3n) is 2.82. The molecule has 23 heavy (non-hydrogen) atoms. The Morgan fingerprint density at radius 2 is 1.96 bits per heavy atom. The highest BCUT2D eigenvalue weighted by atomic mass is 32.2. The molecule has 8 heteroatoms. The number of nitrogens with one attached hydrogen (secondary N) is 2. The van der Waals surface area contributed by atoms with Gasteiger partial charge in [-0.1, -0.05) is 6.07 Å². The normalized spacial score (nSPS) is 11.4. The summed E-state index contributed by atoms with van der Waals surface area (Å²) >= 11 is 0. The molecule has 0 aliphatic carbocycles. The Morgan fingerprint density at radius 3 is 2.61 bits per heavy atom. The molecule has 2 rings (SSSR count). The molecule has 7 nitrogen and oxygen atoms in total. The van der Waals surface area contributed by atoms with Crippen molar-refractivity contribution in [3.05, 3.63) is 48.2 Å². The maximum Gasteiger partial charge on any atom is 0.256 e. The van der Waals surface area contributed by atoms with E-state index in [1.807, 2.05) is 0 Å². The molecule has 0 radical (unpaired) electrons. The monoisotopic (exact) mass is 335 g/mol. The molecule has 1 heterocycles. The quantitative estimate of drug-likeness (QED) is 0.771. The lowest BCUT2D eigenvalue weighted by atomic mass is 10.2. The topological polar surface area (TPSA) is 108 Å². The molecule has 0 saturated heterocycles. The minimum absolute atomic E-state index is 0.00562. The Bertz CT molecular complexity index is 819. The van der Waals surface area contributed by atoms with Crippen molar-refractivity contribution in [3.8, 4) is 5.75 Å². The first-order chi connectivity index (χ1) is 10.8. The molecule has 0 unspecified atom stereocenters. The Balaban J connectivity index is 2.26. The highest BCUT2D eigenvalue weighted by molar-refractivity contribution is 7.89. The zero-order valence-corrected chi connectivity index (χ0v) is 13.5. The number of aromatic nitrogens is 1. The van der Waals surface area contributed by atoms with Gasteiger partial charge in [-0.3, -0.25) is 4.79 Å². The van der Waals surface area contributed by atoms with Gasteiger partial charge in [0.1, 0.15) is 0 Å². The first-order valence-corrected chi connectivity index (χ1v) is 8.35. The van der Waals surface area contributed by atoms with Gasteiger partial charge in [-0.15, -0.1) is 0 Å². The number of sulfonamides is 1. The van der Waals surface area contributed by atoms with Crippen molar-refractivity contribution in [3.63, 3.8) is 0 Å². The summed E-state index contributed by atoms with van der Waals surface area (Å²) in [5.74, 6) is -0.738. The zero-order valence-electron chi connectivity index (χ0n) is 12.6. The Hall–Kier alpha value is -2.45. The fraction of sp³-hybridized carbons (Fsp3) is 0.200. The smallest absolute Gasteiger partial charge is 0.256 e. The van der Waals surface area contributed by atoms with Crippen LogP contribution in [0.2, 0.25) is 0 Å². The van der Waals surface area contributed by atoms with Crippen molar-refractivity contribution in [2.24, 2.45) is 0 Å². The predicted octanol–water partition coefficient (Wildman–Crippen LogP) is 1.73. The molecule has 1 aromatic carbocycles. The molecule has 0 fully saturated rings. The summed E-state index contributed by atoms with van der Waals surface area (Å²) in [4.78, 5) is 16.0. The van der Waals surface area contributed by atoms with Crippen LogP contribution >= 0.6 is 0 Å². The number of hydrogen-bond acceptors (Lipinski definition) is 5. The molecule has 0 aliphatic rings. The summed E-state index contributed by atoms with van der Waals surface area (Å²) in [5, 5.41) is 12.0. The average molecular weight is 335 g/mol. The van der Waals surface area contributed by atoms with Crippen LogP contribution in [-0.4, -0.2) is 30.5 Å². The lowest BCUT2D eigenvalue weighted by molar-refractivity contribution is 0.102. The van der Waals surface area contributed by atoms with E-state index in [0.717, 1.165) is 0 Å². The minimum atomic E-state index is -3.69. The third-order valence-corrected chi connectivity index (χ3v) is 4.47. The van der Waals surface area contributed by atoms with Crippen LogP contribution in [0.1, 0.15) is 24.2 Å². The fourth-order valence-corrected chi connectivity index (χ4v) is 3.15. The van der Waals surface area contributed by atoms with Crippen molar-refractivity contribution in [2.45, 2.75) is 24.8 Å². The molecular formula is C15H17N3O4S. The van der Waals surface area contributed by atoms with Crippen molar-refractivity contribution >= 4 is 21.7 Å². The number of benzene rings is 1. The van der Waals surface area contributed by atoms with Gasteiger partial charge in [-0.05, 0) is 44.2 Å². The van der Waals surface area contributed by atoms with Gasteiger partial charge in [0.15, 0.2) is 11.6 Å². The lowest BCUT2D eigenvalue weighted by Gasteiger charge is -2.11. The van der Waals surface area contributed by atoms with E-state index in [2.05, 4.69) is 15.0 Å². The number of anilines is 1. The van der Waals surface area contributed by atoms with E-state index >= 15 is 0 Å². The van der Waals surface area contributed by atoms with Crippen LogP contribution in [0, 0.1) is 0 Å². The van der Waals surface area contributed by atoms with Crippen LogP contribution in [0.5, 0.6) is 5.75 Å². The Labute approximate surface area is 134 Å². The number of rotatable bonds is 5. The standard InChI is InChI=1S/C15H17N3O4S/c1-10(2)18-23(21,22)12-6-3-5-11(9-12)15(20)17-14-13(19)7-4-8-16-14/h3-10,18-19H,1-2H3,(H,16,17,20). The van der Waals surface area contributed by atoms with Gasteiger partial charge in [0.25, 0.3) is 5.91 Å². The van der Waals surface area contributed by atoms with Crippen LogP contribution < -0.4 is 10.0 Å². The SMILES string of the molecule is CC(C)NS(=O)(=O)c1cccc(C(=O)Nc2ncccc2O)c1. The van der Waals surface area contributed by atoms with E-state index in [4.69, 9.17) is 0 Å². The van der Waals surface area contributed by atoms with Gasteiger partial charge in [-0.25, -0.2) is 18.1 Å². The Kier molecular flexibility index (Phi) is 4.97. The number of nitrogens with zero attached hydrogens (tertiary/aromatic N) is 1. The summed E-state index contributed by atoms with van der Waals surface area (Å²) in [7, 11) is -3.69. The number of aromatic hydroxyl groups is 1. The number of pyridine rings is 1. The number of carbonyl (C=O) groups excluding carboxylic acids is 1. The molecule has 3 N–H and O–H groups in total. The number of carbonyl (C=O) groups is 1. The molecule has 0 bridgehead atoms. The van der Waals surface area contributed by atoms with Gasteiger partial charge < -0.3 is 10.4 Å². The van der Waals surface area contributed by atoms with Crippen LogP contribution in [0.15, 0.2) is 47.5 Å². The van der Waals surface area contributed by atoms with Crippen molar-refractivity contribution in [1.82, 2.24) is 9.71 Å². The first-order valence-electron chi connectivity index (χ1n) is 6.87. The van der Waals surface area contributed by atoms with E-state index in [1.54, 1.807) is 13.8 Å². The largest absolute Gasteiger partial charge is 0.504 e. The van der Waals surface area contributed by atoms with E-state index in [0.29, 0.717) is 0 Å².